The minimum atomic E-state index is -4.33. The molecule has 2 fully saturated rings. The molecule has 3 aromatic rings. The number of hydrogen-bond acceptors (Lipinski definition) is 7. The topological polar surface area (TPSA) is 66.2 Å². The molecular weight excluding hydrogens is 476 g/mol. The molecule has 34 heavy (non-hydrogen) atoms. The molecule has 5 heterocycles. The van der Waals surface area contributed by atoms with E-state index in [-0.39, 0.29) is 18.5 Å². The first-order valence-corrected chi connectivity index (χ1v) is 11.1. The van der Waals surface area contributed by atoms with Crippen molar-refractivity contribution in [2.45, 2.75) is 19.3 Å². The van der Waals surface area contributed by atoms with Gasteiger partial charge in [0.2, 0.25) is 5.95 Å². The van der Waals surface area contributed by atoms with Crippen molar-refractivity contribution in [3.63, 3.8) is 0 Å². The van der Waals surface area contributed by atoms with Crippen molar-refractivity contribution < 1.29 is 17.6 Å². The minimum absolute atomic E-state index is 0.0125. The van der Waals surface area contributed by atoms with Crippen LogP contribution in [0.2, 0.25) is 5.02 Å². The molecule has 6 rings (SSSR count). The highest BCUT2D eigenvalue weighted by Crippen LogP contribution is 2.44. The van der Waals surface area contributed by atoms with Gasteiger partial charge in [-0.25, -0.2) is 14.4 Å². The van der Waals surface area contributed by atoms with Gasteiger partial charge >= 0.3 is 6.18 Å². The van der Waals surface area contributed by atoms with E-state index in [0.717, 1.165) is 11.9 Å². The van der Waals surface area contributed by atoms with E-state index in [1.54, 1.807) is 18.2 Å². The molecule has 1 aromatic carbocycles. The number of hydrogen-bond donors (Lipinski definition) is 0. The molecule has 0 unspecified atom stereocenters. The summed E-state index contributed by atoms with van der Waals surface area (Å²) in [7, 11) is 0. The van der Waals surface area contributed by atoms with Gasteiger partial charge in [0.1, 0.15) is 6.33 Å². The van der Waals surface area contributed by atoms with Crippen molar-refractivity contribution in [3.8, 4) is 5.69 Å². The van der Waals surface area contributed by atoms with Crippen LogP contribution in [-0.2, 0) is 13.1 Å². The lowest BCUT2D eigenvalue weighted by molar-refractivity contribution is -0.148. The number of alkyl halides is 3. The highest BCUT2D eigenvalue weighted by atomic mass is 35.5. The smallest absolute Gasteiger partial charge is 0.353 e. The lowest BCUT2D eigenvalue weighted by Gasteiger charge is -2.60. The number of fused-ring (bicyclic) bond motifs is 3. The molecule has 2 aromatic heterocycles. The first-order chi connectivity index (χ1) is 16.2. The number of benzene rings is 1. The number of halogens is 5. The van der Waals surface area contributed by atoms with E-state index < -0.39 is 18.5 Å². The summed E-state index contributed by atoms with van der Waals surface area (Å²) >= 11 is 6.16. The fourth-order valence-electron chi connectivity index (χ4n) is 5.18. The lowest BCUT2D eigenvalue weighted by Crippen LogP contribution is -2.73. The molecule has 0 bridgehead atoms. The molecule has 8 nitrogen and oxygen atoms in total. The van der Waals surface area contributed by atoms with Gasteiger partial charge in [0.25, 0.3) is 0 Å². The van der Waals surface area contributed by atoms with Crippen molar-refractivity contribution >= 4 is 23.4 Å². The largest absolute Gasteiger partial charge is 0.401 e. The van der Waals surface area contributed by atoms with Crippen LogP contribution >= 0.6 is 11.6 Å². The quantitative estimate of drug-likeness (QED) is 0.518. The second-order valence-corrected chi connectivity index (χ2v) is 9.63. The standard InChI is InChI=1S/C21H19ClF4N8/c22-14-1-2-16-13(3-14)5-31(11-21(24,25)26)6-17-29-30-19(34(16)17)33-9-20(10-33)7-32(8-20)18-15(23)4-27-12-28-18/h1-4,12H,5-11H2. The molecule has 13 heteroatoms. The van der Waals surface area contributed by atoms with Crippen LogP contribution in [0.5, 0.6) is 0 Å². The average Bonchev–Trinajstić information content (AvgIpc) is 3.02. The van der Waals surface area contributed by atoms with Crippen molar-refractivity contribution in [2.75, 3.05) is 42.5 Å². The molecule has 2 saturated heterocycles. The Morgan fingerprint density at radius 2 is 1.79 bits per heavy atom. The zero-order chi connectivity index (χ0) is 23.7. The van der Waals surface area contributed by atoms with Crippen molar-refractivity contribution in [3.05, 3.63) is 53.0 Å². The zero-order valence-corrected chi connectivity index (χ0v) is 18.6. The Labute approximate surface area is 196 Å². The monoisotopic (exact) mass is 494 g/mol. The highest BCUT2D eigenvalue weighted by Gasteiger charge is 2.54. The number of nitrogens with zero attached hydrogens (tertiary/aromatic N) is 8. The molecule has 178 valence electrons. The number of aromatic nitrogens is 5. The molecule has 3 aliphatic heterocycles. The van der Waals surface area contributed by atoms with Crippen LogP contribution in [0.4, 0.5) is 29.3 Å². The highest BCUT2D eigenvalue weighted by molar-refractivity contribution is 6.30. The summed E-state index contributed by atoms with van der Waals surface area (Å²) in [5.74, 6) is 0.880. The summed E-state index contributed by atoms with van der Waals surface area (Å²) in [5.41, 5.74) is 1.39. The van der Waals surface area contributed by atoms with Gasteiger partial charge in [-0.15, -0.1) is 10.2 Å². The van der Waals surface area contributed by atoms with E-state index in [0.29, 0.717) is 54.4 Å². The van der Waals surface area contributed by atoms with Crippen LogP contribution < -0.4 is 9.80 Å². The molecule has 0 N–H and O–H groups in total. The van der Waals surface area contributed by atoms with Crippen molar-refractivity contribution in [1.29, 1.82) is 0 Å². The fraction of sp³-hybridized carbons (Fsp3) is 0.429. The van der Waals surface area contributed by atoms with Crippen molar-refractivity contribution in [1.82, 2.24) is 29.6 Å². The number of anilines is 2. The summed E-state index contributed by atoms with van der Waals surface area (Å²) in [4.78, 5) is 12.9. The van der Waals surface area contributed by atoms with Gasteiger partial charge in [-0.05, 0) is 23.8 Å². The Morgan fingerprint density at radius 1 is 1.03 bits per heavy atom. The van der Waals surface area contributed by atoms with Gasteiger partial charge in [-0.3, -0.25) is 9.47 Å². The fourth-order valence-corrected chi connectivity index (χ4v) is 5.37. The third-order valence-electron chi connectivity index (χ3n) is 6.49. The second kappa shape index (κ2) is 7.51. The Bertz CT molecular complexity index is 1250. The van der Waals surface area contributed by atoms with Crippen LogP contribution in [0, 0.1) is 11.2 Å². The first-order valence-electron chi connectivity index (χ1n) is 10.7. The predicted octanol–water partition coefficient (Wildman–Crippen LogP) is 3.05. The normalized spacial score (nSPS) is 19.3. The molecule has 0 radical (unpaired) electrons. The maximum atomic E-state index is 14.0. The first kappa shape index (κ1) is 21.5. The predicted molar refractivity (Wildman–Crippen MR) is 115 cm³/mol. The maximum absolute atomic E-state index is 14.0. The van der Waals surface area contributed by atoms with E-state index in [4.69, 9.17) is 11.6 Å². The molecule has 1 spiro atoms. The van der Waals surface area contributed by atoms with Gasteiger partial charge in [0.15, 0.2) is 17.5 Å². The zero-order valence-electron chi connectivity index (χ0n) is 17.8. The second-order valence-electron chi connectivity index (χ2n) is 9.19. The van der Waals surface area contributed by atoms with Gasteiger partial charge < -0.3 is 9.80 Å². The van der Waals surface area contributed by atoms with E-state index in [1.807, 2.05) is 9.47 Å². The average molecular weight is 495 g/mol. The van der Waals surface area contributed by atoms with Gasteiger partial charge in [-0.2, -0.15) is 13.2 Å². The molecule has 0 aliphatic carbocycles. The van der Waals surface area contributed by atoms with E-state index in [1.165, 1.54) is 11.2 Å². The number of rotatable bonds is 3. The third kappa shape index (κ3) is 3.65. The Balaban J connectivity index is 1.25. The Morgan fingerprint density at radius 3 is 2.53 bits per heavy atom. The van der Waals surface area contributed by atoms with E-state index >= 15 is 0 Å². The maximum Gasteiger partial charge on any atom is 0.401 e. The Kier molecular flexibility index (Phi) is 4.75. The Hall–Kier alpha value is -2.99. The van der Waals surface area contributed by atoms with Gasteiger partial charge in [0.05, 0.1) is 25.0 Å². The van der Waals surface area contributed by atoms with Crippen LogP contribution in [0.1, 0.15) is 11.4 Å². The summed E-state index contributed by atoms with van der Waals surface area (Å²) < 4.78 is 55.3. The summed E-state index contributed by atoms with van der Waals surface area (Å²) in [6.45, 7) is 1.74. The molecule has 0 atom stereocenters. The van der Waals surface area contributed by atoms with Crippen LogP contribution in [0.15, 0.2) is 30.7 Å². The van der Waals surface area contributed by atoms with Gasteiger partial charge in [0, 0.05) is 43.2 Å². The van der Waals surface area contributed by atoms with Crippen molar-refractivity contribution in [2.24, 2.45) is 5.41 Å². The third-order valence-corrected chi connectivity index (χ3v) is 6.73. The summed E-state index contributed by atoms with van der Waals surface area (Å²) in [5, 5.41) is 9.03. The van der Waals surface area contributed by atoms with E-state index in [2.05, 4.69) is 25.1 Å². The molecule has 0 saturated carbocycles. The molecule has 0 amide bonds. The van der Waals surface area contributed by atoms with Crippen LogP contribution in [0.3, 0.4) is 0 Å². The minimum Gasteiger partial charge on any atom is -0.353 e. The SMILES string of the molecule is Fc1cncnc1N1CC2(C1)CN(c1nnc3n1-c1ccc(Cl)cc1CN(CC(F)(F)F)C3)C2. The summed E-state index contributed by atoms with van der Waals surface area (Å²) in [6.07, 6.45) is -1.86. The molecule has 3 aliphatic rings. The van der Waals surface area contributed by atoms with Crippen LogP contribution in [0.25, 0.3) is 5.69 Å². The lowest BCUT2D eigenvalue weighted by atomic mass is 9.73. The van der Waals surface area contributed by atoms with E-state index in [9.17, 15) is 17.6 Å². The van der Waals surface area contributed by atoms with Gasteiger partial charge in [-0.1, -0.05) is 11.6 Å². The summed E-state index contributed by atoms with van der Waals surface area (Å²) in [6, 6.07) is 5.20. The van der Waals surface area contributed by atoms with Crippen LogP contribution in [-0.4, -0.2) is 68.5 Å². The molecular formula is C21H19ClF4N8.